The van der Waals surface area contributed by atoms with Gasteiger partial charge in [-0.05, 0) is 48.9 Å². The Morgan fingerprint density at radius 3 is 2.61 bits per heavy atom. The highest BCUT2D eigenvalue weighted by atomic mass is 32.2. The number of amides is 1. The summed E-state index contributed by atoms with van der Waals surface area (Å²) in [6.45, 7) is 1.51. The van der Waals surface area contributed by atoms with E-state index in [1.54, 1.807) is 42.7 Å². The van der Waals surface area contributed by atoms with Gasteiger partial charge in [0.1, 0.15) is 0 Å². The van der Waals surface area contributed by atoms with Gasteiger partial charge in [0.15, 0.2) is 10.1 Å². The molecule has 1 fully saturated rings. The van der Waals surface area contributed by atoms with Crippen molar-refractivity contribution in [3.05, 3.63) is 64.8 Å². The fraction of sp³-hybridized carbons (Fsp3) is 0.0588. The van der Waals surface area contributed by atoms with Gasteiger partial charge in [-0.2, -0.15) is 0 Å². The number of pyridine rings is 1. The average Bonchev–Trinajstić information content (AvgIpc) is 2.82. The number of thiocarbonyl (C=S) groups is 1. The van der Waals surface area contributed by atoms with Crippen LogP contribution in [0.15, 0.2) is 53.7 Å². The molecule has 0 spiro atoms. The fourth-order valence-electron chi connectivity index (χ4n) is 2.15. The Hall–Kier alpha value is -2.31. The summed E-state index contributed by atoms with van der Waals surface area (Å²) in [4.78, 5) is 30.0. The average molecular weight is 340 g/mol. The minimum Gasteiger partial charge on any atom is -0.295 e. The van der Waals surface area contributed by atoms with Crippen molar-refractivity contribution in [2.75, 3.05) is 4.90 Å². The van der Waals surface area contributed by atoms with Gasteiger partial charge in [-0.15, -0.1) is 0 Å². The van der Waals surface area contributed by atoms with Crippen molar-refractivity contribution in [3.8, 4) is 0 Å². The molecule has 4 nitrogen and oxygen atoms in total. The maximum Gasteiger partial charge on any atom is 0.270 e. The minimum absolute atomic E-state index is 0.0154. The zero-order chi connectivity index (χ0) is 16.4. The smallest absolute Gasteiger partial charge is 0.270 e. The maximum atomic E-state index is 12.6. The van der Waals surface area contributed by atoms with Crippen molar-refractivity contribution < 1.29 is 9.59 Å². The highest BCUT2D eigenvalue weighted by molar-refractivity contribution is 8.27. The number of nitrogens with zero attached hydrogens (tertiary/aromatic N) is 2. The molecule has 1 aromatic carbocycles. The van der Waals surface area contributed by atoms with Crippen LogP contribution in [0.25, 0.3) is 6.08 Å². The number of benzene rings is 1. The molecule has 23 heavy (non-hydrogen) atoms. The molecule has 114 valence electrons. The Kier molecular flexibility index (Phi) is 4.36. The van der Waals surface area contributed by atoms with Gasteiger partial charge in [0, 0.05) is 18.0 Å². The molecule has 1 aliphatic rings. The van der Waals surface area contributed by atoms with Gasteiger partial charge in [0.2, 0.25) is 0 Å². The van der Waals surface area contributed by atoms with Gasteiger partial charge in [-0.3, -0.25) is 19.5 Å². The number of aromatic nitrogens is 1. The van der Waals surface area contributed by atoms with E-state index in [1.165, 1.54) is 23.6 Å². The summed E-state index contributed by atoms with van der Waals surface area (Å²) < 4.78 is 0.473. The minimum atomic E-state index is -0.167. The lowest BCUT2D eigenvalue weighted by molar-refractivity contribution is -0.113. The number of carbonyl (C=O) groups is 2. The Morgan fingerprint density at radius 2 is 2.00 bits per heavy atom. The molecule has 0 radical (unpaired) electrons. The zero-order valence-electron chi connectivity index (χ0n) is 12.2. The van der Waals surface area contributed by atoms with Crippen LogP contribution in [-0.4, -0.2) is 21.0 Å². The number of hydrogen-bond acceptors (Lipinski definition) is 5. The number of Topliss-reactive ketones (excluding diaryl/α,β-unsaturated/α-hetero) is 1. The number of thioether (sulfide) groups is 1. The molecule has 6 heteroatoms. The Labute approximate surface area is 143 Å². The van der Waals surface area contributed by atoms with Crippen LogP contribution in [-0.2, 0) is 4.79 Å². The molecule has 1 aliphatic heterocycles. The molecule has 3 rings (SSSR count). The van der Waals surface area contributed by atoms with Gasteiger partial charge in [0.25, 0.3) is 5.91 Å². The third-order valence-corrected chi connectivity index (χ3v) is 4.61. The van der Waals surface area contributed by atoms with Crippen LogP contribution in [0.3, 0.4) is 0 Å². The third kappa shape index (κ3) is 3.23. The Balaban J connectivity index is 1.90. The monoisotopic (exact) mass is 340 g/mol. The van der Waals surface area contributed by atoms with E-state index in [2.05, 4.69) is 4.98 Å². The molecule has 2 heterocycles. The lowest BCUT2D eigenvalue weighted by Gasteiger charge is -2.14. The molecule has 1 amide bonds. The summed E-state index contributed by atoms with van der Waals surface area (Å²) in [5.41, 5.74) is 2.11. The van der Waals surface area contributed by atoms with E-state index in [1.807, 2.05) is 12.1 Å². The summed E-state index contributed by atoms with van der Waals surface area (Å²) in [5, 5.41) is 0. The van der Waals surface area contributed by atoms with Crippen LogP contribution in [0.4, 0.5) is 5.69 Å². The first-order valence-electron chi connectivity index (χ1n) is 6.85. The van der Waals surface area contributed by atoms with E-state index in [0.717, 1.165) is 5.56 Å². The number of rotatable bonds is 3. The summed E-state index contributed by atoms with van der Waals surface area (Å²) in [6.07, 6.45) is 5.14. The second-order valence-corrected chi connectivity index (χ2v) is 6.58. The molecule has 0 N–H and O–H groups in total. The van der Waals surface area contributed by atoms with Crippen LogP contribution in [0, 0.1) is 0 Å². The zero-order valence-corrected chi connectivity index (χ0v) is 13.9. The fourth-order valence-corrected chi connectivity index (χ4v) is 3.45. The highest BCUT2D eigenvalue weighted by Crippen LogP contribution is 2.35. The predicted molar refractivity (Wildman–Crippen MR) is 96.3 cm³/mol. The third-order valence-electron chi connectivity index (χ3n) is 3.31. The molecule has 1 saturated heterocycles. The van der Waals surface area contributed by atoms with Gasteiger partial charge >= 0.3 is 0 Å². The molecule has 0 aliphatic carbocycles. The van der Waals surface area contributed by atoms with Gasteiger partial charge < -0.3 is 0 Å². The van der Waals surface area contributed by atoms with Crippen molar-refractivity contribution >= 4 is 51.8 Å². The molecule has 0 atom stereocenters. The van der Waals surface area contributed by atoms with E-state index >= 15 is 0 Å². The molecular formula is C17H12N2O2S2. The molecule has 1 aromatic heterocycles. The van der Waals surface area contributed by atoms with E-state index in [4.69, 9.17) is 12.2 Å². The second kappa shape index (κ2) is 6.44. The summed E-state index contributed by atoms with van der Waals surface area (Å²) in [6, 6.07) is 10.5. The molecule has 2 aromatic rings. The SMILES string of the molecule is CC(=O)c1ccc(N2C(=O)/C(=C/c3cccnc3)SC2=S)cc1. The van der Waals surface area contributed by atoms with E-state index < -0.39 is 0 Å². The van der Waals surface area contributed by atoms with Crippen LogP contribution in [0.2, 0.25) is 0 Å². The van der Waals surface area contributed by atoms with Crippen LogP contribution in [0.1, 0.15) is 22.8 Å². The first kappa shape index (κ1) is 15.6. The second-order valence-electron chi connectivity index (χ2n) is 4.91. The first-order valence-corrected chi connectivity index (χ1v) is 8.08. The van der Waals surface area contributed by atoms with Crippen molar-refractivity contribution in [3.63, 3.8) is 0 Å². The van der Waals surface area contributed by atoms with Crippen molar-refractivity contribution in [2.24, 2.45) is 0 Å². The van der Waals surface area contributed by atoms with Crippen LogP contribution in [0.5, 0.6) is 0 Å². The first-order chi connectivity index (χ1) is 11.1. The Morgan fingerprint density at radius 1 is 1.26 bits per heavy atom. The van der Waals surface area contributed by atoms with Crippen molar-refractivity contribution in [1.82, 2.24) is 4.98 Å². The van der Waals surface area contributed by atoms with E-state index in [0.29, 0.717) is 20.5 Å². The van der Waals surface area contributed by atoms with Gasteiger partial charge in [0.05, 0.1) is 10.6 Å². The predicted octanol–water partition coefficient (Wildman–Crippen LogP) is 3.69. The lowest BCUT2D eigenvalue weighted by atomic mass is 10.1. The lowest BCUT2D eigenvalue weighted by Crippen LogP contribution is -2.27. The van der Waals surface area contributed by atoms with Crippen LogP contribution >= 0.6 is 24.0 Å². The molecule has 0 bridgehead atoms. The summed E-state index contributed by atoms with van der Waals surface area (Å²) in [5.74, 6) is -0.183. The van der Waals surface area contributed by atoms with Crippen molar-refractivity contribution in [1.29, 1.82) is 0 Å². The van der Waals surface area contributed by atoms with Gasteiger partial charge in [-0.25, -0.2) is 0 Å². The normalized spacial score (nSPS) is 16.2. The number of anilines is 1. The van der Waals surface area contributed by atoms with Crippen LogP contribution < -0.4 is 4.90 Å². The Bertz CT molecular complexity index is 814. The number of carbonyl (C=O) groups excluding carboxylic acids is 2. The quantitative estimate of drug-likeness (QED) is 0.484. The topological polar surface area (TPSA) is 50.3 Å². The maximum absolute atomic E-state index is 12.6. The number of ketones is 1. The highest BCUT2D eigenvalue weighted by Gasteiger charge is 2.33. The molecule has 0 saturated carbocycles. The van der Waals surface area contributed by atoms with E-state index in [9.17, 15) is 9.59 Å². The standard InChI is InChI=1S/C17H12N2O2S2/c1-11(20)13-4-6-14(7-5-13)19-16(21)15(23-17(19)22)9-12-3-2-8-18-10-12/h2-10H,1H3/b15-9-. The number of hydrogen-bond donors (Lipinski definition) is 0. The van der Waals surface area contributed by atoms with E-state index in [-0.39, 0.29) is 11.7 Å². The summed E-state index contributed by atoms with van der Waals surface area (Å²) in [7, 11) is 0. The largest absolute Gasteiger partial charge is 0.295 e. The molecular weight excluding hydrogens is 328 g/mol. The summed E-state index contributed by atoms with van der Waals surface area (Å²) >= 11 is 6.58. The molecule has 0 unspecified atom stereocenters. The van der Waals surface area contributed by atoms with Crippen molar-refractivity contribution in [2.45, 2.75) is 6.92 Å². The van der Waals surface area contributed by atoms with Gasteiger partial charge in [-0.1, -0.05) is 30.0 Å².